The summed E-state index contributed by atoms with van der Waals surface area (Å²) in [5.74, 6) is -0.452. The Labute approximate surface area is 102 Å². The molecule has 0 radical (unpaired) electrons. The zero-order chi connectivity index (χ0) is 13.8. The molecule has 0 aliphatic rings. The van der Waals surface area contributed by atoms with Crippen LogP contribution in [0.5, 0.6) is 0 Å². The highest BCUT2D eigenvalue weighted by atomic mass is 19.4. The summed E-state index contributed by atoms with van der Waals surface area (Å²) in [5.41, 5.74) is -0.603. The van der Waals surface area contributed by atoms with Gasteiger partial charge in [-0.15, -0.1) is 0 Å². The van der Waals surface area contributed by atoms with Crippen molar-refractivity contribution >= 4 is 0 Å². The summed E-state index contributed by atoms with van der Waals surface area (Å²) >= 11 is 0. The van der Waals surface area contributed by atoms with E-state index in [0.29, 0.717) is 5.69 Å². The van der Waals surface area contributed by atoms with E-state index < -0.39 is 17.7 Å². The summed E-state index contributed by atoms with van der Waals surface area (Å²) in [4.78, 5) is 0. The Morgan fingerprint density at radius 2 is 1.56 bits per heavy atom. The van der Waals surface area contributed by atoms with E-state index in [1.54, 1.807) is 0 Å². The van der Waals surface area contributed by atoms with Crippen molar-refractivity contribution in [2.24, 2.45) is 0 Å². The van der Waals surface area contributed by atoms with Crippen molar-refractivity contribution in [3.63, 3.8) is 0 Å². The molecule has 0 aliphatic carbocycles. The molecule has 18 heavy (non-hydrogen) atoms. The number of benzene rings is 1. The van der Waals surface area contributed by atoms with Gasteiger partial charge in [0.25, 0.3) is 0 Å². The maximum absolute atomic E-state index is 12.6. The lowest BCUT2D eigenvalue weighted by Crippen LogP contribution is -2.07. The lowest BCUT2D eigenvalue weighted by Gasteiger charge is -2.02. The zero-order valence-corrected chi connectivity index (χ0v) is 9.87. The molecule has 0 saturated carbocycles. The van der Waals surface area contributed by atoms with Crippen LogP contribution in [0.3, 0.4) is 0 Å². The minimum absolute atomic E-state index is 0.372. The number of halogens is 4. The number of aromatic nitrogens is 2. The Bertz CT molecular complexity index is 486. The summed E-state index contributed by atoms with van der Waals surface area (Å²) in [6, 6.07) is 5.88. The van der Waals surface area contributed by atoms with Crippen LogP contribution in [0.25, 0.3) is 5.69 Å². The standard InChI is InChI=1S/C10H6F4N2.C2H6/c11-7-1-3-8(4-2-7)16-6-5-9(15-16)10(12,13)14;1-2/h1-6H;1-2H3. The predicted octanol–water partition coefficient (Wildman–Crippen LogP) is 4.06. The molecule has 2 aromatic rings. The first-order valence-corrected chi connectivity index (χ1v) is 5.35. The second-order valence-electron chi connectivity index (χ2n) is 3.12. The van der Waals surface area contributed by atoms with Gasteiger partial charge in [0, 0.05) is 6.20 Å². The lowest BCUT2D eigenvalue weighted by molar-refractivity contribution is -0.141. The van der Waals surface area contributed by atoms with E-state index in [9.17, 15) is 17.6 Å². The molecule has 0 unspecified atom stereocenters. The van der Waals surface area contributed by atoms with Gasteiger partial charge in [0.15, 0.2) is 5.69 Å². The van der Waals surface area contributed by atoms with Crippen LogP contribution in [0.15, 0.2) is 36.5 Å². The number of nitrogens with zero attached hydrogens (tertiary/aromatic N) is 2. The first-order valence-electron chi connectivity index (χ1n) is 5.35. The molecule has 1 aromatic carbocycles. The van der Waals surface area contributed by atoms with Gasteiger partial charge in [0.1, 0.15) is 5.82 Å². The molecule has 1 heterocycles. The van der Waals surface area contributed by atoms with Crippen molar-refractivity contribution in [3.05, 3.63) is 48.0 Å². The minimum atomic E-state index is -4.47. The number of alkyl halides is 3. The van der Waals surface area contributed by atoms with Gasteiger partial charge in [-0.05, 0) is 30.3 Å². The van der Waals surface area contributed by atoms with E-state index in [4.69, 9.17) is 0 Å². The fraction of sp³-hybridized carbons (Fsp3) is 0.250. The van der Waals surface area contributed by atoms with Crippen LogP contribution in [-0.4, -0.2) is 9.78 Å². The highest BCUT2D eigenvalue weighted by Gasteiger charge is 2.33. The third-order valence-corrected chi connectivity index (χ3v) is 1.97. The highest BCUT2D eigenvalue weighted by molar-refractivity contribution is 5.31. The van der Waals surface area contributed by atoms with Crippen LogP contribution >= 0.6 is 0 Å². The summed E-state index contributed by atoms with van der Waals surface area (Å²) in [7, 11) is 0. The molecule has 98 valence electrons. The molecular formula is C12H12F4N2. The minimum Gasteiger partial charge on any atom is -0.240 e. The molecule has 0 spiro atoms. The van der Waals surface area contributed by atoms with Gasteiger partial charge >= 0.3 is 6.18 Å². The monoisotopic (exact) mass is 260 g/mol. The van der Waals surface area contributed by atoms with E-state index >= 15 is 0 Å². The highest BCUT2D eigenvalue weighted by Crippen LogP contribution is 2.27. The number of hydrogen-bond donors (Lipinski definition) is 0. The zero-order valence-electron chi connectivity index (χ0n) is 9.87. The average Bonchev–Trinajstić information content (AvgIpc) is 2.82. The van der Waals surface area contributed by atoms with Crippen molar-refractivity contribution in [1.29, 1.82) is 0 Å². The Balaban J connectivity index is 0.000000771. The quantitative estimate of drug-likeness (QED) is 0.707. The molecular weight excluding hydrogens is 248 g/mol. The van der Waals surface area contributed by atoms with Crippen molar-refractivity contribution in [2.45, 2.75) is 20.0 Å². The van der Waals surface area contributed by atoms with Gasteiger partial charge in [-0.3, -0.25) is 0 Å². The van der Waals surface area contributed by atoms with Crippen molar-refractivity contribution in [2.75, 3.05) is 0 Å². The maximum Gasteiger partial charge on any atom is 0.435 e. The summed E-state index contributed by atoms with van der Waals surface area (Å²) in [6.45, 7) is 4.00. The molecule has 0 aliphatic heterocycles. The fourth-order valence-electron chi connectivity index (χ4n) is 1.21. The van der Waals surface area contributed by atoms with Crippen LogP contribution in [-0.2, 0) is 6.18 Å². The molecule has 0 fully saturated rings. The molecule has 0 saturated heterocycles. The van der Waals surface area contributed by atoms with Crippen LogP contribution in [0.1, 0.15) is 19.5 Å². The molecule has 0 amide bonds. The largest absolute Gasteiger partial charge is 0.435 e. The normalized spacial score (nSPS) is 10.8. The van der Waals surface area contributed by atoms with Gasteiger partial charge in [-0.2, -0.15) is 18.3 Å². The van der Waals surface area contributed by atoms with Gasteiger partial charge in [0.05, 0.1) is 5.69 Å². The molecule has 2 nitrogen and oxygen atoms in total. The SMILES string of the molecule is CC.Fc1ccc(-n2ccc(C(F)(F)F)n2)cc1. The summed E-state index contributed by atoms with van der Waals surface area (Å²) < 4.78 is 50.4. The first-order chi connectivity index (χ1) is 8.47. The molecule has 6 heteroatoms. The molecule has 0 atom stereocenters. The van der Waals surface area contributed by atoms with Gasteiger partial charge in [-0.25, -0.2) is 9.07 Å². The van der Waals surface area contributed by atoms with Crippen LogP contribution in [0.2, 0.25) is 0 Å². The third kappa shape index (κ3) is 3.32. The van der Waals surface area contributed by atoms with E-state index in [1.807, 2.05) is 13.8 Å². The Morgan fingerprint density at radius 1 is 1.00 bits per heavy atom. The molecule has 0 bridgehead atoms. The van der Waals surface area contributed by atoms with Gasteiger partial charge in [0.2, 0.25) is 0 Å². The van der Waals surface area contributed by atoms with Crippen molar-refractivity contribution < 1.29 is 17.6 Å². The van der Waals surface area contributed by atoms with E-state index in [2.05, 4.69) is 5.10 Å². The van der Waals surface area contributed by atoms with Gasteiger partial charge in [-0.1, -0.05) is 13.8 Å². The van der Waals surface area contributed by atoms with Crippen molar-refractivity contribution in [1.82, 2.24) is 9.78 Å². The van der Waals surface area contributed by atoms with E-state index in [0.717, 1.165) is 22.9 Å². The number of hydrogen-bond acceptors (Lipinski definition) is 1. The maximum atomic E-state index is 12.6. The summed E-state index contributed by atoms with van der Waals surface area (Å²) in [5, 5.41) is 3.35. The second-order valence-corrected chi connectivity index (χ2v) is 3.12. The second kappa shape index (κ2) is 5.66. The average molecular weight is 260 g/mol. The third-order valence-electron chi connectivity index (χ3n) is 1.97. The predicted molar refractivity (Wildman–Crippen MR) is 59.9 cm³/mol. The Kier molecular flexibility index (Phi) is 4.47. The lowest BCUT2D eigenvalue weighted by atomic mass is 10.3. The van der Waals surface area contributed by atoms with Crippen LogP contribution in [0, 0.1) is 5.82 Å². The van der Waals surface area contributed by atoms with E-state index in [1.165, 1.54) is 18.3 Å². The number of rotatable bonds is 1. The first kappa shape index (κ1) is 14.2. The molecule has 1 aromatic heterocycles. The van der Waals surface area contributed by atoms with E-state index in [-0.39, 0.29) is 0 Å². The Hall–Kier alpha value is -1.85. The van der Waals surface area contributed by atoms with Gasteiger partial charge < -0.3 is 0 Å². The van der Waals surface area contributed by atoms with Crippen LogP contribution in [0.4, 0.5) is 17.6 Å². The molecule has 0 N–H and O–H groups in total. The van der Waals surface area contributed by atoms with Crippen molar-refractivity contribution in [3.8, 4) is 5.69 Å². The smallest absolute Gasteiger partial charge is 0.240 e. The molecule has 2 rings (SSSR count). The fourth-order valence-corrected chi connectivity index (χ4v) is 1.21. The van der Waals surface area contributed by atoms with Crippen LogP contribution < -0.4 is 0 Å². The topological polar surface area (TPSA) is 17.8 Å². The Morgan fingerprint density at radius 3 is 2.00 bits per heavy atom. The summed E-state index contributed by atoms with van der Waals surface area (Å²) in [6.07, 6.45) is -3.29.